The summed E-state index contributed by atoms with van der Waals surface area (Å²) in [5, 5.41) is 6.99. The molecule has 5 nitrogen and oxygen atoms in total. The first-order chi connectivity index (χ1) is 14.1. The predicted octanol–water partition coefficient (Wildman–Crippen LogP) is 5.17. The number of aromatic nitrogens is 2. The van der Waals surface area contributed by atoms with Gasteiger partial charge in [-0.3, -0.25) is 15.1 Å². The molecule has 2 heterocycles. The Balaban J connectivity index is 1.36. The molecule has 29 heavy (non-hydrogen) atoms. The zero-order chi connectivity index (χ0) is 20.2. The fraction of sp³-hybridized carbons (Fsp3) is 0.0476. The second kappa shape index (κ2) is 8.77. The van der Waals surface area contributed by atoms with Crippen LogP contribution in [0.5, 0.6) is 0 Å². The summed E-state index contributed by atoms with van der Waals surface area (Å²) in [6.07, 6.45) is 3.87. The number of thiocarbonyl (C=S) groups is 1. The van der Waals surface area contributed by atoms with Gasteiger partial charge in [-0.1, -0.05) is 24.3 Å². The monoisotopic (exact) mass is 482 g/mol. The smallest absolute Gasteiger partial charge is 0.259 e. The maximum absolute atomic E-state index is 12.2. The third-order valence-electron chi connectivity index (χ3n) is 4.10. The zero-order valence-electron chi connectivity index (χ0n) is 15.1. The Morgan fingerprint density at radius 1 is 1.10 bits per heavy atom. The Morgan fingerprint density at radius 3 is 2.66 bits per heavy atom. The highest BCUT2D eigenvalue weighted by molar-refractivity contribution is 9.10. The zero-order valence-corrected chi connectivity index (χ0v) is 18.3. The molecular weight excluding hydrogens is 468 g/mol. The number of benzene rings is 2. The molecule has 0 atom stereocenters. The molecule has 0 saturated carbocycles. The molecule has 0 radical (unpaired) electrons. The summed E-state index contributed by atoms with van der Waals surface area (Å²) in [5.74, 6) is -0.316. The number of hydrogen-bond donors (Lipinski definition) is 2. The van der Waals surface area contributed by atoms with Crippen molar-refractivity contribution in [2.45, 2.75) is 6.42 Å². The first kappa shape index (κ1) is 19.6. The summed E-state index contributed by atoms with van der Waals surface area (Å²) < 4.78 is 1.93. The largest absolute Gasteiger partial charge is 0.332 e. The number of halogens is 1. The summed E-state index contributed by atoms with van der Waals surface area (Å²) in [6, 6.07) is 17.7. The standard InChI is InChI=1S/C21H15BrN4OS2/c22-15-10-14(11-23-12-15)20(27)26-21(28)24-16-7-5-13(6-8-16)9-19-25-17-3-1-2-4-18(17)29-19/h1-8,10-12H,9H2,(H2,24,26,27,28). The highest BCUT2D eigenvalue weighted by Crippen LogP contribution is 2.24. The lowest BCUT2D eigenvalue weighted by molar-refractivity contribution is 0.0977. The van der Waals surface area contributed by atoms with Gasteiger partial charge in [0.05, 0.1) is 20.8 Å². The van der Waals surface area contributed by atoms with Gasteiger partial charge in [0.25, 0.3) is 5.91 Å². The Labute approximate surface area is 185 Å². The predicted molar refractivity (Wildman–Crippen MR) is 124 cm³/mol. The molecule has 1 amide bonds. The molecule has 8 heteroatoms. The molecule has 144 valence electrons. The van der Waals surface area contributed by atoms with E-state index in [4.69, 9.17) is 12.2 Å². The maximum Gasteiger partial charge on any atom is 0.259 e. The van der Waals surface area contributed by atoms with E-state index in [1.54, 1.807) is 23.6 Å². The van der Waals surface area contributed by atoms with Crippen molar-refractivity contribution in [1.29, 1.82) is 0 Å². The van der Waals surface area contributed by atoms with Crippen LogP contribution in [0.3, 0.4) is 0 Å². The van der Waals surface area contributed by atoms with Crippen LogP contribution < -0.4 is 10.6 Å². The van der Waals surface area contributed by atoms with Crippen molar-refractivity contribution >= 4 is 66.4 Å². The van der Waals surface area contributed by atoms with Gasteiger partial charge in [0.15, 0.2) is 5.11 Å². The maximum atomic E-state index is 12.2. The van der Waals surface area contributed by atoms with Gasteiger partial charge in [-0.2, -0.15) is 0 Å². The SMILES string of the molecule is O=C(NC(=S)Nc1ccc(Cc2nc3ccccc3s2)cc1)c1cncc(Br)c1. The number of rotatable bonds is 4. The molecule has 0 fully saturated rings. The van der Waals surface area contributed by atoms with Crippen LogP contribution in [0, 0.1) is 0 Å². The molecule has 0 aliphatic carbocycles. The Kier molecular flexibility index (Phi) is 5.94. The van der Waals surface area contributed by atoms with E-state index in [1.807, 2.05) is 42.5 Å². The summed E-state index contributed by atoms with van der Waals surface area (Å²) in [5.41, 5.74) is 3.42. The second-order valence-corrected chi connectivity index (χ2v) is 8.69. The lowest BCUT2D eigenvalue weighted by Crippen LogP contribution is -2.34. The van der Waals surface area contributed by atoms with Crippen LogP contribution in [0.4, 0.5) is 5.69 Å². The number of anilines is 1. The van der Waals surface area contributed by atoms with E-state index in [9.17, 15) is 4.79 Å². The molecule has 2 N–H and O–H groups in total. The number of amides is 1. The van der Waals surface area contributed by atoms with E-state index >= 15 is 0 Å². The topological polar surface area (TPSA) is 66.9 Å². The van der Waals surface area contributed by atoms with Gasteiger partial charge < -0.3 is 5.32 Å². The van der Waals surface area contributed by atoms with Crippen molar-refractivity contribution in [2.75, 3.05) is 5.32 Å². The molecule has 2 aromatic heterocycles. The van der Waals surface area contributed by atoms with Crippen molar-refractivity contribution in [1.82, 2.24) is 15.3 Å². The summed E-state index contributed by atoms with van der Waals surface area (Å²) in [7, 11) is 0. The van der Waals surface area contributed by atoms with Gasteiger partial charge in [0.2, 0.25) is 0 Å². The van der Waals surface area contributed by atoms with Crippen molar-refractivity contribution in [3.63, 3.8) is 0 Å². The average molecular weight is 483 g/mol. The van der Waals surface area contributed by atoms with Gasteiger partial charge in [-0.25, -0.2) is 4.98 Å². The van der Waals surface area contributed by atoms with Gasteiger partial charge in [0.1, 0.15) is 0 Å². The van der Waals surface area contributed by atoms with Crippen LogP contribution in [-0.4, -0.2) is 21.0 Å². The Hall–Kier alpha value is -2.68. The molecule has 0 aliphatic heterocycles. The van der Waals surface area contributed by atoms with Gasteiger partial charge >= 0.3 is 0 Å². The van der Waals surface area contributed by atoms with Gasteiger partial charge in [0, 0.05) is 29.0 Å². The molecule has 0 unspecified atom stereocenters. The van der Waals surface area contributed by atoms with Crippen molar-refractivity contribution in [3.05, 3.63) is 87.6 Å². The van der Waals surface area contributed by atoms with Crippen molar-refractivity contribution < 1.29 is 4.79 Å². The van der Waals surface area contributed by atoms with Crippen molar-refractivity contribution in [2.24, 2.45) is 0 Å². The molecule has 0 bridgehead atoms. The number of carbonyl (C=O) groups excluding carboxylic acids is 1. The van der Waals surface area contributed by atoms with E-state index in [1.165, 1.54) is 10.9 Å². The third-order valence-corrected chi connectivity index (χ3v) is 5.77. The summed E-state index contributed by atoms with van der Waals surface area (Å²) in [4.78, 5) is 20.9. The average Bonchev–Trinajstić information content (AvgIpc) is 3.11. The van der Waals surface area contributed by atoms with E-state index in [0.29, 0.717) is 5.56 Å². The highest BCUT2D eigenvalue weighted by Gasteiger charge is 2.09. The summed E-state index contributed by atoms with van der Waals surface area (Å²) >= 11 is 10.2. The van der Waals surface area contributed by atoms with Crippen LogP contribution >= 0.6 is 39.5 Å². The van der Waals surface area contributed by atoms with E-state index in [-0.39, 0.29) is 11.0 Å². The fourth-order valence-corrected chi connectivity index (χ4v) is 4.33. The number of para-hydroxylation sites is 1. The van der Waals surface area contributed by atoms with Crippen LogP contribution in [-0.2, 0) is 6.42 Å². The minimum atomic E-state index is -0.316. The van der Waals surface area contributed by atoms with E-state index < -0.39 is 0 Å². The van der Waals surface area contributed by atoms with E-state index in [0.717, 1.165) is 32.7 Å². The van der Waals surface area contributed by atoms with Crippen LogP contribution in [0.25, 0.3) is 10.2 Å². The highest BCUT2D eigenvalue weighted by atomic mass is 79.9. The molecule has 0 spiro atoms. The molecule has 4 aromatic rings. The quantitative estimate of drug-likeness (QED) is 0.392. The lowest BCUT2D eigenvalue weighted by atomic mass is 10.1. The molecule has 2 aromatic carbocycles. The van der Waals surface area contributed by atoms with Gasteiger partial charge in [-0.05, 0) is 64.0 Å². The van der Waals surface area contributed by atoms with Crippen LogP contribution in [0.2, 0.25) is 0 Å². The number of hydrogen-bond acceptors (Lipinski definition) is 5. The first-order valence-electron chi connectivity index (χ1n) is 8.73. The minimum absolute atomic E-state index is 0.230. The van der Waals surface area contributed by atoms with Crippen LogP contribution in [0.15, 0.2) is 71.5 Å². The van der Waals surface area contributed by atoms with Crippen LogP contribution in [0.1, 0.15) is 20.9 Å². The number of pyridine rings is 1. The fourth-order valence-electron chi connectivity index (χ4n) is 2.75. The minimum Gasteiger partial charge on any atom is -0.332 e. The Morgan fingerprint density at radius 2 is 1.90 bits per heavy atom. The molecule has 0 aliphatic rings. The lowest BCUT2D eigenvalue weighted by Gasteiger charge is -2.10. The summed E-state index contributed by atoms with van der Waals surface area (Å²) in [6.45, 7) is 0. The normalized spacial score (nSPS) is 10.7. The number of thiazole rings is 1. The van der Waals surface area contributed by atoms with Crippen molar-refractivity contribution in [3.8, 4) is 0 Å². The molecule has 4 rings (SSSR count). The first-order valence-corrected chi connectivity index (χ1v) is 10.7. The third kappa shape index (κ3) is 5.03. The second-order valence-electron chi connectivity index (χ2n) is 6.25. The van der Waals surface area contributed by atoms with Gasteiger partial charge in [-0.15, -0.1) is 11.3 Å². The number of nitrogens with one attached hydrogen (secondary N) is 2. The molecule has 0 saturated heterocycles. The number of carbonyl (C=O) groups is 1. The van der Waals surface area contributed by atoms with E-state index in [2.05, 4.69) is 42.6 Å². The number of fused-ring (bicyclic) bond motifs is 1. The molecular formula is C21H15BrN4OS2. The number of nitrogens with zero attached hydrogens (tertiary/aromatic N) is 2. The Bertz CT molecular complexity index is 1160.